The Kier molecular flexibility index (Phi) is 1.81. The lowest BCUT2D eigenvalue weighted by molar-refractivity contribution is 0.431. The monoisotopic (exact) mass is 74.1 g/mol. The van der Waals surface area contributed by atoms with Crippen molar-refractivity contribution in [3.63, 3.8) is 0 Å². The summed E-state index contributed by atoms with van der Waals surface area (Å²) >= 11 is 0. The number of allylic oxidation sites excluding steroid dienone is 1. The van der Waals surface area contributed by atoms with E-state index in [9.17, 15) is 4.39 Å². The van der Waals surface area contributed by atoms with Crippen molar-refractivity contribution in [3.8, 4) is 0 Å². The first-order valence-electron chi connectivity index (χ1n) is 1.54. The van der Waals surface area contributed by atoms with E-state index in [0.717, 1.165) is 0 Å². The van der Waals surface area contributed by atoms with E-state index in [1.54, 1.807) is 0 Å². The van der Waals surface area contributed by atoms with Crippen molar-refractivity contribution >= 4 is 0 Å². The second kappa shape index (κ2) is 1.94. The third-order valence-electron chi connectivity index (χ3n) is 0.325. The first-order chi connectivity index (χ1) is 2.27. The quantitative estimate of drug-likeness (QED) is 0.414. The molecule has 0 aromatic heterocycles. The van der Waals surface area contributed by atoms with Gasteiger partial charge in [-0.3, -0.25) is 0 Å². The van der Waals surface area contributed by atoms with Gasteiger partial charge < -0.3 is 0 Å². The van der Waals surface area contributed by atoms with Gasteiger partial charge in [-0.2, -0.15) is 0 Å². The number of hydrogen-bond acceptors (Lipinski definition) is 0. The van der Waals surface area contributed by atoms with Gasteiger partial charge in [0.15, 0.2) is 0 Å². The van der Waals surface area contributed by atoms with Crippen molar-refractivity contribution in [3.05, 3.63) is 12.7 Å². The Morgan fingerprint density at radius 1 is 2.00 bits per heavy atom. The van der Waals surface area contributed by atoms with Gasteiger partial charge in [0.25, 0.3) is 0 Å². The summed E-state index contributed by atoms with van der Waals surface area (Å²) in [7, 11) is 0. The van der Waals surface area contributed by atoms with Crippen LogP contribution in [0.2, 0.25) is 0 Å². The molecule has 0 aliphatic rings. The van der Waals surface area contributed by atoms with Crippen LogP contribution in [0.15, 0.2) is 12.7 Å². The van der Waals surface area contributed by atoms with Gasteiger partial charge in [-0.1, -0.05) is 6.08 Å². The Balaban J connectivity index is 2.83. The van der Waals surface area contributed by atoms with Crippen molar-refractivity contribution in [1.29, 1.82) is 0 Å². The Bertz CT molecular complexity index is 30.6. The standard InChI is InChI=1S/C4H7F/c1-3-4(2)5/h3-4H,1H2,2H3/t4-/m0/s1. The van der Waals surface area contributed by atoms with E-state index < -0.39 is 6.17 Å². The van der Waals surface area contributed by atoms with E-state index in [1.807, 2.05) is 0 Å². The first kappa shape index (κ1) is 4.67. The van der Waals surface area contributed by atoms with E-state index in [2.05, 4.69) is 6.58 Å². The van der Waals surface area contributed by atoms with Gasteiger partial charge in [-0.05, 0) is 6.92 Å². The number of hydrogen-bond donors (Lipinski definition) is 0. The van der Waals surface area contributed by atoms with Crippen molar-refractivity contribution in [2.24, 2.45) is 0 Å². The highest BCUT2D eigenvalue weighted by atomic mass is 19.1. The minimum absolute atomic E-state index is 0.852. The predicted molar refractivity (Wildman–Crippen MR) is 20.8 cm³/mol. The molecule has 0 rings (SSSR count). The van der Waals surface area contributed by atoms with Crippen LogP contribution in [-0.4, -0.2) is 6.17 Å². The van der Waals surface area contributed by atoms with Gasteiger partial charge >= 0.3 is 0 Å². The van der Waals surface area contributed by atoms with E-state index >= 15 is 0 Å². The zero-order valence-electron chi connectivity index (χ0n) is 3.24. The molecule has 0 heterocycles. The number of rotatable bonds is 1. The van der Waals surface area contributed by atoms with Crippen LogP contribution in [0.25, 0.3) is 0 Å². The van der Waals surface area contributed by atoms with E-state index in [4.69, 9.17) is 0 Å². The van der Waals surface area contributed by atoms with Crippen molar-refractivity contribution in [2.75, 3.05) is 0 Å². The van der Waals surface area contributed by atoms with Crippen LogP contribution in [0.1, 0.15) is 6.92 Å². The fourth-order valence-corrected chi connectivity index (χ4v) is 0. The molecule has 0 saturated carbocycles. The van der Waals surface area contributed by atoms with Crippen LogP contribution in [0.5, 0.6) is 0 Å². The van der Waals surface area contributed by atoms with Gasteiger partial charge in [0.1, 0.15) is 6.17 Å². The predicted octanol–water partition coefficient (Wildman–Crippen LogP) is 1.53. The zero-order valence-corrected chi connectivity index (χ0v) is 3.24. The molecule has 0 radical (unpaired) electrons. The maximum Gasteiger partial charge on any atom is 0.115 e. The minimum atomic E-state index is -0.852. The topological polar surface area (TPSA) is 0 Å². The molecule has 0 N–H and O–H groups in total. The van der Waals surface area contributed by atoms with Gasteiger partial charge in [-0.15, -0.1) is 6.58 Å². The lowest BCUT2D eigenvalue weighted by atomic mass is 10.4. The highest BCUT2D eigenvalue weighted by Crippen LogP contribution is 1.83. The van der Waals surface area contributed by atoms with Crippen molar-refractivity contribution < 1.29 is 4.39 Å². The molecular formula is C4H7F. The molecule has 0 aliphatic heterocycles. The first-order valence-corrected chi connectivity index (χ1v) is 1.54. The molecule has 1 heteroatoms. The molecular weight excluding hydrogens is 67.0 g/mol. The maximum atomic E-state index is 11.3. The second-order valence-corrected chi connectivity index (χ2v) is 0.913. The fourth-order valence-electron chi connectivity index (χ4n) is 0. The molecule has 0 saturated heterocycles. The van der Waals surface area contributed by atoms with Crippen LogP contribution in [0, 0.1) is 0 Å². The van der Waals surface area contributed by atoms with Gasteiger partial charge in [-0.25, -0.2) is 4.39 Å². The number of alkyl halides is 1. The summed E-state index contributed by atoms with van der Waals surface area (Å²) in [6.45, 7) is 4.62. The summed E-state index contributed by atoms with van der Waals surface area (Å²) in [5.41, 5.74) is 0. The van der Waals surface area contributed by atoms with Crippen LogP contribution in [0.3, 0.4) is 0 Å². The largest absolute Gasteiger partial charge is 0.243 e. The Morgan fingerprint density at radius 2 is 2.20 bits per heavy atom. The van der Waals surface area contributed by atoms with Crippen LogP contribution in [0.4, 0.5) is 4.39 Å². The molecule has 0 aromatic carbocycles. The van der Waals surface area contributed by atoms with Gasteiger partial charge in [0.05, 0.1) is 0 Å². The summed E-state index contributed by atoms with van der Waals surface area (Å²) in [6, 6.07) is 0. The van der Waals surface area contributed by atoms with Gasteiger partial charge in [0, 0.05) is 0 Å². The Labute approximate surface area is 31.3 Å². The second-order valence-electron chi connectivity index (χ2n) is 0.913. The summed E-state index contributed by atoms with van der Waals surface area (Å²) in [4.78, 5) is 0. The molecule has 1 atom stereocenters. The molecule has 0 amide bonds. The SMILES string of the molecule is C=C[C@H](C)F. The van der Waals surface area contributed by atoms with Crippen LogP contribution >= 0.6 is 0 Å². The Morgan fingerprint density at radius 3 is 2.20 bits per heavy atom. The maximum absolute atomic E-state index is 11.3. The minimum Gasteiger partial charge on any atom is -0.243 e. The highest BCUT2D eigenvalue weighted by molar-refractivity contribution is 4.72. The fraction of sp³-hybridized carbons (Fsp3) is 0.500. The summed E-state index contributed by atoms with van der Waals surface area (Å²) < 4.78 is 11.3. The highest BCUT2D eigenvalue weighted by Gasteiger charge is 1.79. The molecule has 0 bridgehead atoms. The molecule has 0 aliphatic carbocycles. The lowest BCUT2D eigenvalue weighted by Gasteiger charge is -1.79. The third-order valence-corrected chi connectivity index (χ3v) is 0.325. The average molecular weight is 74.1 g/mol. The molecule has 0 nitrogen and oxygen atoms in total. The Hall–Kier alpha value is -0.330. The summed E-state index contributed by atoms with van der Waals surface area (Å²) in [5, 5.41) is 0. The molecule has 0 fully saturated rings. The van der Waals surface area contributed by atoms with Crippen LogP contribution in [-0.2, 0) is 0 Å². The van der Waals surface area contributed by atoms with E-state index in [0.29, 0.717) is 0 Å². The normalized spacial score (nSPS) is 14.0. The van der Waals surface area contributed by atoms with Gasteiger partial charge in [0.2, 0.25) is 0 Å². The zero-order chi connectivity index (χ0) is 4.28. The molecule has 0 aromatic rings. The van der Waals surface area contributed by atoms with E-state index in [1.165, 1.54) is 13.0 Å². The smallest absolute Gasteiger partial charge is 0.115 e. The molecule has 30 valence electrons. The third kappa shape index (κ3) is 3.67. The molecule has 5 heavy (non-hydrogen) atoms. The van der Waals surface area contributed by atoms with Crippen molar-refractivity contribution in [1.82, 2.24) is 0 Å². The van der Waals surface area contributed by atoms with Crippen LogP contribution < -0.4 is 0 Å². The summed E-state index contributed by atoms with van der Waals surface area (Å²) in [6.07, 6.45) is 0.398. The molecule has 0 spiro atoms. The number of halogens is 1. The van der Waals surface area contributed by atoms with E-state index in [-0.39, 0.29) is 0 Å². The molecule has 0 unspecified atom stereocenters. The van der Waals surface area contributed by atoms with Crippen molar-refractivity contribution in [2.45, 2.75) is 13.1 Å². The lowest BCUT2D eigenvalue weighted by Crippen LogP contribution is -1.78. The summed E-state index contributed by atoms with van der Waals surface area (Å²) in [5.74, 6) is 0. The average Bonchev–Trinajstić information content (AvgIpc) is 1.38.